The van der Waals surface area contributed by atoms with Crippen molar-refractivity contribution >= 4 is 29.3 Å². The van der Waals surface area contributed by atoms with Crippen molar-refractivity contribution in [1.82, 2.24) is 5.32 Å². The Bertz CT molecular complexity index is 1020. The molecule has 162 valence electrons. The van der Waals surface area contributed by atoms with E-state index in [1.54, 1.807) is 12.1 Å². The first kappa shape index (κ1) is 23.0. The lowest BCUT2D eigenvalue weighted by atomic mass is 9.95. The van der Waals surface area contributed by atoms with Crippen LogP contribution in [-0.4, -0.2) is 11.5 Å². The molecule has 0 radical (unpaired) electrons. The molecule has 2 unspecified atom stereocenters. The van der Waals surface area contributed by atoms with Crippen LogP contribution in [0, 0.1) is 0 Å². The normalized spacial score (nSPS) is 18.0. The maximum Gasteiger partial charge on any atom is 0.573 e. The number of amidine groups is 1. The first-order valence-corrected chi connectivity index (χ1v) is 10.4. The van der Waals surface area contributed by atoms with E-state index in [-0.39, 0.29) is 30.2 Å². The molecule has 0 fully saturated rings. The van der Waals surface area contributed by atoms with Crippen molar-refractivity contribution in [2.24, 2.45) is 4.99 Å². The number of thioether (sulfide) groups is 1. The molecule has 0 amide bonds. The second-order valence-corrected chi connectivity index (χ2v) is 7.73. The molecule has 3 aromatic rings. The number of nitrogens with one attached hydrogen (secondary N) is 1. The Morgan fingerprint density at radius 3 is 2.06 bits per heavy atom. The number of nitrogens with zero attached hydrogens (tertiary/aromatic N) is 1. The zero-order valence-corrected chi connectivity index (χ0v) is 17.9. The van der Waals surface area contributed by atoms with Gasteiger partial charge in [0.1, 0.15) is 11.8 Å². The molecule has 1 heterocycles. The summed E-state index contributed by atoms with van der Waals surface area (Å²) in [6.45, 7) is 0. The molecular formula is C23H20ClF3N2OS. The van der Waals surface area contributed by atoms with Gasteiger partial charge in [-0.05, 0) is 17.2 Å². The lowest BCUT2D eigenvalue weighted by molar-refractivity contribution is -0.274. The maximum atomic E-state index is 12.7. The quantitative estimate of drug-likeness (QED) is 0.457. The predicted molar refractivity (Wildman–Crippen MR) is 121 cm³/mol. The van der Waals surface area contributed by atoms with E-state index < -0.39 is 6.36 Å². The highest BCUT2D eigenvalue weighted by Crippen LogP contribution is 2.38. The molecule has 0 saturated carbocycles. The van der Waals surface area contributed by atoms with Crippen molar-refractivity contribution in [2.75, 3.05) is 0 Å². The predicted octanol–water partition coefficient (Wildman–Crippen LogP) is 6.68. The van der Waals surface area contributed by atoms with Crippen LogP contribution >= 0.6 is 24.2 Å². The summed E-state index contributed by atoms with van der Waals surface area (Å²) in [5, 5.41) is 4.14. The number of halogens is 4. The van der Waals surface area contributed by atoms with Crippen LogP contribution in [-0.2, 0) is 5.75 Å². The van der Waals surface area contributed by atoms with Gasteiger partial charge in [0.15, 0.2) is 5.17 Å². The van der Waals surface area contributed by atoms with Crippen molar-refractivity contribution in [3.05, 3.63) is 102 Å². The Morgan fingerprint density at radius 1 is 0.839 bits per heavy atom. The summed E-state index contributed by atoms with van der Waals surface area (Å²) in [5.41, 5.74) is 2.64. The molecule has 8 heteroatoms. The Morgan fingerprint density at radius 2 is 1.42 bits per heavy atom. The third kappa shape index (κ3) is 5.95. The summed E-state index contributed by atoms with van der Waals surface area (Å²) >= 11 is 1.37. The van der Waals surface area contributed by atoms with Crippen LogP contribution in [0.1, 0.15) is 28.8 Å². The van der Waals surface area contributed by atoms with Gasteiger partial charge in [0.05, 0.1) is 6.04 Å². The summed E-state index contributed by atoms with van der Waals surface area (Å²) in [4.78, 5) is 4.84. The number of hydrogen-bond acceptors (Lipinski definition) is 4. The highest BCUT2D eigenvalue weighted by atomic mass is 35.5. The molecule has 0 saturated heterocycles. The van der Waals surface area contributed by atoms with Crippen LogP contribution in [0.25, 0.3) is 0 Å². The minimum atomic E-state index is -4.72. The van der Waals surface area contributed by atoms with E-state index in [0.717, 1.165) is 11.1 Å². The third-order valence-electron chi connectivity index (χ3n) is 4.71. The summed E-state index contributed by atoms with van der Waals surface area (Å²) in [5.74, 6) is 0.122. The summed E-state index contributed by atoms with van der Waals surface area (Å²) < 4.78 is 42.2. The van der Waals surface area contributed by atoms with Crippen molar-refractivity contribution in [2.45, 2.75) is 24.2 Å². The SMILES string of the molecule is Cl.FC(F)(F)Oc1ccccc1CSC1=NC(c2ccccc2)C(c2ccccc2)N1. The van der Waals surface area contributed by atoms with E-state index in [1.165, 1.54) is 23.9 Å². The summed E-state index contributed by atoms with van der Waals surface area (Å²) in [6, 6.07) is 26.0. The number of alkyl halides is 3. The lowest BCUT2D eigenvalue weighted by Crippen LogP contribution is -2.22. The van der Waals surface area contributed by atoms with Gasteiger partial charge in [-0.2, -0.15) is 0 Å². The molecule has 0 aliphatic carbocycles. The van der Waals surface area contributed by atoms with Crippen molar-refractivity contribution < 1.29 is 17.9 Å². The highest BCUT2D eigenvalue weighted by molar-refractivity contribution is 8.13. The molecule has 0 bridgehead atoms. The van der Waals surface area contributed by atoms with E-state index >= 15 is 0 Å². The van der Waals surface area contributed by atoms with Crippen LogP contribution in [0.15, 0.2) is 89.9 Å². The van der Waals surface area contributed by atoms with Crippen LogP contribution in [0.2, 0.25) is 0 Å². The van der Waals surface area contributed by atoms with Crippen molar-refractivity contribution in [1.29, 1.82) is 0 Å². The molecule has 0 aromatic heterocycles. The second-order valence-electron chi connectivity index (χ2n) is 6.77. The van der Waals surface area contributed by atoms with Gasteiger partial charge in [0.25, 0.3) is 0 Å². The highest BCUT2D eigenvalue weighted by Gasteiger charge is 2.33. The van der Waals surface area contributed by atoms with Crippen LogP contribution < -0.4 is 10.1 Å². The van der Waals surface area contributed by atoms with Gasteiger partial charge in [0.2, 0.25) is 0 Å². The van der Waals surface area contributed by atoms with Gasteiger partial charge in [0, 0.05) is 11.3 Å². The van der Waals surface area contributed by atoms with Crippen LogP contribution in [0.4, 0.5) is 13.2 Å². The zero-order valence-electron chi connectivity index (χ0n) is 16.3. The first-order chi connectivity index (χ1) is 14.5. The molecule has 0 spiro atoms. The van der Waals surface area contributed by atoms with E-state index in [4.69, 9.17) is 4.99 Å². The van der Waals surface area contributed by atoms with Gasteiger partial charge in [-0.25, -0.2) is 0 Å². The number of para-hydroxylation sites is 1. The van der Waals surface area contributed by atoms with E-state index in [1.807, 2.05) is 60.7 Å². The average Bonchev–Trinajstić information content (AvgIpc) is 3.18. The molecule has 2 atom stereocenters. The minimum absolute atomic E-state index is 0. The number of benzene rings is 3. The number of aliphatic imine (C=N–C) groups is 1. The molecule has 1 aliphatic rings. The molecule has 1 N–H and O–H groups in total. The summed E-state index contributed by atoms with van der Waals surface area (Å²) in [7, 11) is 0. The van der Waals surface area contributed by atoms with Gasteiger partial charge >= 0.3 is 6.36 Å². The fraction of sp³-hybridized carbons (Fsp3) is 0.174. The van der Waals surface area contributed by atoms with E-state index in [2.05, 4.69) is 10.1 Å². The van der Waals surface area contributed by atoms with Gasteiger partial charge in [-0.3, -0.25) is 4.99 Å². The fourth-order valence-electron chi connectivity index (χ4n) is 3.37. The van der Waals surface area contributed by atoms with Gasteiger partial charge < -0.3 is 10.1 Å². The van der Waals surface area contributed by atoms with Crippen molar-refractivity contribution in [3.8, 4) is 5.75 Å². The van der Waals surface area contributed by atoms with Gasteiger partial charge in [-0.1, -0.05) is 90.6 Å². The number of ether oxygens (including phenoxy) is 1. The number of rotatable bonds is 5. The largest absolute Gasteiger partial charge is 0.573 e. The average molecular weight is 465 g/mol. The lowest BCUT2D eigenvalue weighted by Gasteiger charge is -2.19. The molecule has 4 rings (SSSR count). The topological polar surface area (TPSA) is 33.6 Å². The smallest absolute Gasteiger partial charge is 0.405 e. The summed E-state index contributed by atoms with van der Waals surface area (Å²) in [6.07, 6.45) is -4.72. The Kier molecular flexibility index (Phi) is 7.51. The van der Waals surface area contributed by atoms with Crippen LogP contribution in [0.5, 0.6) is 5.75 Å². The van der Waals surface area contributed by atoms with E-state index in [9.17, 15) is 13.2 Å². The minimum Gasteiger partial charge on any atom is -0.405 e. The molecule has 31 heavy (non-hydrogen) atoms. The Balaban J connectivity index is 0.00000272. The first-order valence-electron chi connectivity index (χ1n) is 9.40. The molecule has 1 aliphatic heterocycles. The zero-order chi connectivity index (χ0) is 21.0. The number of hydrogen-bond donors (Lipinski definition) is 1. The standard InChI is InChI=1S/C23H19F3N2OS.ClH/c24-23(25,26)29-19-14-8-7-13-18(19)15-30-22-27-20(16-9-3-1-4-10-16)21(28-22)17-11-5-2-6-12-17;/h1-14,20-21H,15H2,(H,27,28);1H. The molecule has 3 nitrogen and oxygen atoms in total. The second kappa shape index (κ2) is 10.1. The molecule has 3 aromatic carbocycles. The van der Waals surface area contributed by atoms with Crippen LogP contribution in [0.3, 0.4) is 0 Å². The van der Waals surface area contributed by atoms with Crippen molar-refractivity contribution in [3.63, 3.8) is 0 Å². The molecular weight excluding hydrogens is 445 g/mol. The monoisotopic (exact) mass is 464 g/mol. The van der Waals surface area contributed by atoms with E-state index in [0.29, 0.717) is 16.5 Å². The maximum absolute atomic E-state index is 12.7. The fourth-order valence-corrected chi connectivity index (χ4v) is 4.29. The Hall–Kier alpha value is -2.64. The van der Waals surface area contributed by atoms with Gasteiger partial charge in [-0.15, -0.1) is 25.6 Å². The Labute approximate surface area is 189 Å². The third-order valence-corrected chi connectivity index (χ3v) is 5.67.